The Bertz CT molecular complexity index is 674. The quantitative estimate of drug-likeness (QED) is 0.726. The number of nitrogens with one attached hydrogen (secondary N) is 1. The van der Waals surface area contributed by atoms with Crippen LogP contribution in [0.25, 0.3) is 0 Å². The third kappa shape index (κ3) is 3.82. The van der Waals surface area contributed by atoms with Gasteiger partial charge in [-0.25, -0.2) is 0 Å². The molecule has 2 rings (SSSR count). The van der Waals surface area contributed by atoms with E-state index in [-0.39, 0.29) is 5.69 Å². The van der Waals surface area contributed by atoms with Crippen LogP contribution in [0.5, 0.6) is 0 Å². The van der Waals surface area contributed by atoms with Gasteiger partial charge < -0.3 is 5.32 Å². The molecule has 1 aromatic heterocycles. The van der Waals surface area contributed by atoms with E-state index in [1.54, 1.807) is 19.1 Å². The fourth-order valence-electron chi connectivity index (χ4n) is 1.80. The highest BCUT2D eigenvalue weighted by molar-refractivity contribution is 9.10. The normalized spacial score (nSPS) is 12.8. The maximum absolute atomic E-state index is 13.0. The number of benzene rings is 1. The SMILES string of the molecule is CC(N=O)c1ccc(Nc2ccc(Br)cc2C(F)(F)F)cn1. The number of aromatic nitrogens is 1. The van der Waals surface area contributed by atoms with Crippen molar-refractivity contribution in [2.45, 2.75) is 19.1 Å². The third-order valence-electron chi connectivity index (χ3n) is 2.94. The summed E-state index contributed by atoms with van der Waals surface area (Å²) in [6.07, 6.45) is -3.12. The number of halogens is 4. The van der Waals surface area contributed by atoms with Crippen LogP contribution in [0.2, 0.25) is 0 Å². The zero-order valence-corrected chi connectivity index (χ0v) is 12.9. The lowest BCUT2D eigenvalue weighted by molar-refractivity contribution is -0.137. The average Bonchev–Trinajstić information content (AvgIpc) is 2.48. The molecule has 1 heterocycles. The van der Waals surface area contributed by atoms with Crippen molar-refractivity contribution in [2.75, 3.05) is 5.32 Å². The Morgan fingerprint density at radius 1 is 1.27 bits per heavy atom. The molecule has 1 atom stereocenters. The zero-order valence-electron chi connectivity index (χ0n) is 11.4. The van der Waals surface area contributed by atoms with Crippen molar-refractivity contribution in [1.29, 1.82) is 0 Å². The van der Waals surface area contributed by atoms with Gasteiger partial charge in [0.05, 0.1) is 28.8 Å². The van der Waals surface area contributed by atoms with Gasteiger partial charge in [0, 0.05) is 4.47 Å². The molecule has 0 aliphatic rings. The van der Waals surface area contributed by atoms with Crippen molar-refractivity contribution in [3.63, 3.8) is 0 Å². The van der Waals surface area contributed by atoms with Crippen molar-refractivity contribution >= 4 is 27.3 Å². The summed E-state index contributed by atoms with van der Waals surface area (Å²) in [7, 11) is 0. The summed E-state index contributed by atoms with van der Waals surface area (Å²) in [4.78, 5) is 14.4. The molecule has 0 spiro atoms. The van der Waals surface area contributed by atoms with Crippen LogP contribution in [-0.4, -0.2) is 4.98 Å². The molecular weight excluding hydrogens is 363 g/mol. The summed E-state index contributed by atoms with van der Waals surface area (Å²) in [5, 5.41) is 5.52. The monoisotopic (exact) mass is 373 g/mol. The van der Waals surface area contributed by atoms with E-state index in [1.807, 2.05) is 0 Å². The Kier molecular flexibility index (Phi) is 4.80. The number of nitrogens with zero attached hydrogens (tertiary/aromatic N) is 2. The van der Waals surface area contributed by atoms with Crippen LogP contribution in [0, 0.1) is 4.91 Å². The molecule has 22 heavy (non-hydrogen) atoms. The van der Waals surface area contributed by atoms with Crippen LogP contribution in [0.1, 0.15) is 24.2 Å². The number of hydrogen-bond donors (Lipinski definition) is 1. The van der Waals surface area contributed by atoms with Crippen LogP contribution in [-0.2, 0) is 6.18 Å². The Morgan fingerprint density at radius 2 is 2.00 bits per heavy atom. The fraction of sp³-hybridized carbons (Fsp3) is 0.214. The summed E-state index contributed by atoms with van der Waals surface area (Å²) in [6.45, 7) is 1.58. The van der Waals surface area contributed by atoms with Gasteiger partial charge in [0.25, 0.3) is 0 Å². The maximum Gasteiger partial charge on any atom is 0.418 e. The second-order valence-electron chi connectivity index (χ2n) is 4.57. The van der Waals surface area contributed by atoms with Gasteiger partial charge >= 0.3 is 6.18 Å². The van der Waals surface area contributed by atoms with E-state index >= 15 is 0 Å². The van der Waals surface area contributed by atoms with Crippen molar-refractivity contribution in [1.82, 2.24) is 4.98 Å². The summed E-state index contributed by atoms with van der Waals surface area (Å²) in [6, 6.07) is 6.33. The minimum atomic E-state index is -4.48. The van der Waals surface area contributed by atoms with Crippen molar-refractivity contribution < 1.29 is 13.2 Å². The number of pyridine rings is 1. The molecule has 0 fully saturated rings. The van der Waals surface area contributed by atoms with Gasteiger partial charge in [-0.1, -0.05) is 21.1 Å². The first-order valence-corrected chi connectivity index (χ1v) is 7.02. The minimum Gasteiger partial charge on any atom is -0.354 e. The molecular formula is C14H11BrF3N3O. The van der Waals surface area contributed by atoms with Gasteiger partial charge in [-0.15, -0.1) is 0 Å². The molecule has 0 bridgehead atoms. The average molecular weight is 374 g/mol. The van der Waals surface area contributed by atoms with E-state index in [0.29, 0.717) is 15.9 Å². The predicted octanol–water partition coefficient (Wildman–Crippen LogP) is 5.43. The van der Waals surface area contributed by atoms with Gasteiger partial charge in [0.2, 0.25) is 0 Å². The summed E-state index contributed by atoms with van der Waals surface area (Å²) >= 11 is 3.03. The second kappa shape index (κ2) is 6.43. The first-order chi connectivity index (χ1) is 10.3. The van der Waals surface area contributed by atoms with E-state index in [1.165, 1.54) is 18.3 Å². The van der Waals surface area contributed by atoms with Gasteiger partial charge in [-0.2, -0.15) is 18.1 Å². The van der Waals surface area contributed by atoms with Gasteiger partial charge in [-0.3, -0.25) is 4.98 Å². The molecule has 8 heteroatoms. The molecule has 116 valence electrons. The first kappa shape index (κ1) is 16.4. The number of hydrogen-bond acceptors (Lipinski definition) is 4. The van der Waals surface area contributed by atoms with E-state index in [9.17, 15) is 18.1 Å². The lowest BCUT2D eigenvalue weighted by atomic mass is 10.1. The summed E-state index contributed by atoms with van der Waals surface area (Å²) < 4.78 is 39.4. The summed E-state index contributed by atoms with van der Waals surface area (Å²) in [5.74, 6) is 0. The predicted molar refractivity (Wildman–Crippen MR) is 80.9 cm³/mol. The Balaban J connectivity index is 2.29. The van der Waals surface area contributed by atoms with Crippen molar-refractivity contribution in [3.8, 4) is 0 Å². The van der Waals surface area contributed by atoms with E-state index in [0.717, 1.165) is 6.07 Å². The second-order valence-corrected chi connectivity index (χ2v) is 5.48. The molecule has 1 N–H and O–H groups in total. The maximum atomic E-state index is 13.0. The third-order valence-corrected chi connectivity index (χ3v) is 3.43. The van der Waals surface area contributed by atoms with Crippen LogP contribution >= 0.6 is 15.9 Å². The lowest BCUT2D eigenvalue weighted by Gasteiger charge is -2.15. The fourth-order valence-corrected chi connectivity index (χ4v) is 2.16. The standard InChI is InChI=1S/C14H11BrF3N3O/c1-8(21-22)12-5-3-10(7-19-12)20-13-4-2-9(15)6-11(13)14(16,17)18/h2-8,20H,1H3. The van der Waals surface area contributed by atoms with E-state index in [4.69, 9.17) is 0 Å². The number of rotatable bonds is 4. The van der Waals surface area contributed by atoms with Crippen LogP contribution in [0.4, 0.5) is 24.5 Å². The van der Waals surface area contributed by atoms with Crippen LogP contribution in [0.15, 0.2) is 46.2 Å². The number of anilines is 2. The largest absolute Gasteiger partial charge is 0.418 e. The molecule has 1 unspecified atom stereocenters. The van der Waals surface area contributed by atoms with Gasteiger partial charge in [0.1, 0.15) is 6.04 Å². The molecule has 4 nitrogen and oxygen atoms in total. The highest BCUT2D eigenvalue weighted by atomic mass is 79.9. The van der Waals surface area contributed by atoms with Crippen LogP contribution < -0.4 is 5.32 Å². The van der Waals surface area contributed by atoms with Gasteiger partial charge in [-0.05, 0) is 37.3 Å². The van der Waals surface area contributed by atoms with Crippen molar-refractivity contribution in [3.05, 3.63) is 57.2 Å². The Morgan fingerprint density at radius 3 is 2.55 bits per heavy atom. The smallest absolute Gasteiger partial charge is 0.354 e. The molecule has 1 aromatic carbocycles. The Hall–Kier alpha value is -1.96. The van der Waals surface area contributed by atoms with E-state index in [2.05, 4.69) is 31.4 Å². The molecule has 0 saturated heterocycles. The zero-order chi connectivity index (χ0) is 16.3. The summed E-state index contributed by atoms with van der Waals surface area (Å²) in [5.41, 5.74) is -0.0252. The number of nitroso groups, excluding NO2 is 1. The Labute approximate surface area is 132 Å². The molecule has 2 aromatic rings. The minimum absolute atomic E-state index is 0.0770. The first-order valence-electron chi connectivity index (χ1n) is 6.23. The molecule has 0 amide bonds. The molecule has 0 aliphatic heterocycles. The van der Waals surface area contributed by atoms with Gasteiger partial charge in [0.15, 0.2) is 0 Å². The molecule has 0 radical (unpaired) electrons. The molecule has 0 aliphatic carbocycles. The van der Waals surface area contributed by atoms with Crippen LogP contribution in [0.3, 0.4) is 0 Å². The molecule has 0 saturated carbocycles. The highest BCUT2D eigenvalue weighted by Crippen LogP contribution is 2.37. The number of alkyl halides is 3. The van der Waals surface area contributed by atoms with Crippen molar-refractivity contribution in [2.24, 2.45) is 5.18 Å². The topological polar surface area (TPSA) is 54.4 Å². The highest BCUT2D eigenvalue weighted by Gasteiger charge is 2.33. The lowest BCUT2D eigenvalue weighted by Crippen LogP contribution is -2.09. The van der Waals surface area contributed by atoms with E-state index < -0.39 is 17.8 Å².